The molecule has 2 aliphatic heterocycles. The molecule has 0 amide bonds. The summed E-state index contributed by atoms with van der Waals surface area (Å²) < 4.78 is 17.0. The van der Waals surface area contributed by atoms with Gasteiger partial charge in [0.15, 0.2) is 5.78 Å². The predicted octanol–water partition coefficient (Wildman–Crippen LogP) is 3.28. The molecule has 0 spiro atoms. The quantitative estimate of drug-likeness (QED) is 0.819. The van der Waals surface area contributed by atoms with Crippen LogP contribution < -0.4 is 5.32 Å². The minimum atomic E-state index is -0.514. The van der Waals surface area contributed by atoms with Gasteiger partial charge in [-0.15, -0.1) is 0 Å². The van der Waals surface area contributed by atoms with Crippen LogP contribution in [0.5, 0.6) is 0 Å². The maximum Gasteiger partial charge on any atom is 0.336 e. The number of ether oxygens (including phenoxy) is 2. The number of hydrogen-bond acceptors (Lipinski definition) is 6. The van der Waals surface area contributed by atoms with Crippen molar-refractivity contribution in [3.63, 3.8) is 0 Å². The predicted molar refractivity (Wildman–Crippen MR) is 97.8 cm³/mol. The van der Waals surface area contributed by atoms with E-state index in [4.69, 9.17) is 13.9 Å². The van der Waals surface area contributed by atoms with Crippen molar-refractivity contribution in [2.24, 2.45) is 0 Å². The second kappa shape index (κ2) is 7.35. The summed E-state index contributed by atoms with van der Waals surface area (Å²) in [5.41, 5.74) is 2.72. The highest BCUT2D eigenvalue weighted by Gasteiger charge is 2.40. The first kappa shape index (κ1) is 18.0. The smallest absolute Gasteiger partial charge is 0.336 e. The molecule has 0 radical (unpaired) electrons. The van der Waals surface area contributed by atoms with Crippen molar-refractivity contribution in [2.75, 3.05) is 13.2 Å². The van der Waals surface area contributed by atoms with E-state index in [0.29, 0.717) is 29.9 Å². The molecule has 0 unspecified atom stereocenters. The lowest BCUT2D eigenvalue weighted by molar-refractivity contribution is -0.142. The number of esters is 1. The number of nitrogens with one attached hydrogen (secondary N) is 1. The zero-order valence-corrected chi connectivity index (χ0v) is 15.8. The molecule has 3 heterocycles. The Morgan fingerprint density at radius 2 is 2.11 bits per heavy atom. The van der Waals surface area contributed by atoms with Gasteiger partial charge in [0, 0.05) is 30.0 Å². The van der Waals surface area contributed by atoms with Crippen LogP contribution in [-0.4, -0.2) is 31.1 Å². The van der Waals surface area contributed by atoms with Crippen molar-refractivity contribution >= 4 is 11.8 Å². The van der Waals surface area contributed by atoms with E-state index in [2.05, 4.69) is 5.32 Å². The monoisotopic (exact) mass is 371 g/mol. The summed E-state index contributed by atoms with van der Waals surface area (Å²) in [5.74, 6) is 0.498. The summed E-state index contributed by atoms with van der Waals surface area (Å²) in [6.07, 6.45) is 3.96. The molecule has 1 aromatic heterocycles. The number of furan rings is 1. The van der Waals surface area contributed by atoms with Crippen LogP contribution in [0.25, 0.3) is 0 Å². The molecule has 144 valence electrons. The summed E-state index contributed by atoms with van der Waals surface area (Å²) in [7, 11) is 0. The summed E-state index contributed by atoms with van der Waals surface area (Å²) in [6.45, 7) is 4.66. The van der Waals surface area contributed by atoms with E-state index in [-0.39, 0.29) is 18.5 Å². The largest absolute Gasteiger partial charge is 0.465 e. The van der Waals surface area contributed by atoms with Crippen molar-refractivity contribution in [1.82, 2.24) is 5.32 Å². The van der Waals surface area contributed by atoms with Crippen molar-refractivity contribution in [3.05, 3.63) is 46.2 Å². The zero-order chi connectivity index (χ0) is 19.0. The van der Waals surface area contributed by atoms with E-state index >= 15 is 0 Å². The maximum absolute atomic E-state index is 13.0. The van der Waals surface area contributed by atoms with Crippen LogP contribution in [0, 0.1) is 6.92 Å². The van der Waals surface area contributed by atoms with Crippen LogP contribution in [0.4, 0.5) is 0 Å². The van der Waals surface area contributed by atoms with E-state index in [1.807, 2.05) is 26.0 Å². The summed E-state index contributed by atoms with van der Waals surface area (Å²) >= 11 is 0. The number of hydrogen-bond donors (Lipinski definition) is 1. The van der Waals surface area contributed by atoms with Gasteiger partial charge < -0.3 is 19.2 Å². The molecule has 0 bridgehead atoms. The van der Waals surface area contributed by atoms with E-state index in [9.17, 15) is 9.59 Å². The third-order valence-corrected chi connectivity index (χ3v) is 5.47. The molecular formula is C21H25NO5. The Kier molecular flexibility index (Phi) is 4.91. The van der Waals surface area contributed by atoms with Crippen LogP contribution in [-0.2, 0) is 19.1 Å². The maximum atomic E-state index is 13.0. The molecule has 1 fully saturated rings. The first-order chi connectivity index (χ1) is 13.0. The van der Waals surface area contributed by atoms with Gasteiger partial charge in [-0.2, -0.15) is 0 Å². The number of carbonyl (C=O) groups is 2. The van der Waals surface area contributed by atoms with Gasteiger partial charge in [0.2, 0.25) is 0 Å². The van der Waals surface area contributed by atoms with Gasteiger partial charge in [0.25, 0.3) is 0 Å². The molecular weight excluding hydrogens is 346 g/mol. The highest BCUT2D eigenvalue weighted by atomic mass is 16.6. The number of allylic oxidation sites excluding steroid dienone is 3. The van der Waals surface area contributed by atoms with Crippen LogP contribution in [0.1, 0.15) is 56.5 Å². The lowest BCUT2D eigenvalue weighted by atomic mass is 9.77. The van der Waals surface area contributed by atoms with Gasteiger partial charge in [0.05, 0.1) is 17.6 Å². The van der Waals surface area contributed by atoms with Crippen LogP contribution in [0.3, 0.4) is 0 Å². The highest BCUT2D eigenvalue weighted by Crippen LogP contribution is 2.43. The van der Waals surface area contributed by atoms with E-state index in [1.54, 1.807) is 0 Å². The van der Waals surface area contributed by atoms with Crippen LogP contribution in [0.2, 0.25) is 0 Å². The van der Waals surface area contributed by atoms with Crippen LogP contribution in [0.15, 0.2) is 39.1 Å². The normalized spacial score (nSPS) is 25.5. The Morgan fingerprint density at radius 3 is 2.81 bits per heavy atom. The number of carbonyl (C=O) groups excluding carboxylic acids is 2. The Hall–Kier alpha value is -2.34. The fraction of sp³-hybridized carbons (Fsp3) is 0.524. The third-order valence-electron chi connectivity index (χ3n) is 5.47. The Bertz CT molecular complexity index is 825. The van der Waals surface area contributed by atoms with Gasteiger partial charge in [-0.05, 0) is 51.7 Å². The van der Waals surface area contributed by atoms with Gasteiger partial charge in [-0.25, -0.2) is 4.79 Å². The van der Waals surface area contributed by atoms with Gasteiger partial charge in [-0.1, -0.05) is 0 Å². The fourth-order valence-electron chi connectivity index (χ4n) is 4.17. The Morgan fingerprint density at radius 1 is 1.26 bits per heavy atom. The minimum Gasteiger partial charge on any atom is -0.465 e. The second-order valence-electron chi connectivity index (χ2n) is 7.45. The summed E-state index contributed by atoms with van der Waals surface area (Å²) in [5, 5.41) is 3.28. The Labute approximate surface area is 158 Å². The third kappa shape index (κ3) is 3.46. The van der Waals surface area contributed by atoms with E-state index in [1.165, 1.54) is 0 Å². The molecule has 4 rings (SSSR count). The topological polar surface area (TPSA) is 77.8 Å². The SMILES string of the molecule is CC1=C(C(=O)OC[C@@H]2CCCO2)[C@@H](c2ccc(C)o2)C2=C(CCCC2=O)N1. The first-order valence-corrected chi connectivity index (χ1v) is 9.63. The average molecular weight is 371 g/mol. The molecule has 6 nitrogen and oxygen atoms in total. The van der Waals surface area contributed by atoms with Crippen molar-refractivity contribution in [3.8, 4) is 0 Å². The van der Waals surface area contributed by atoms with E-state index in [0.717, 1.165) is 42.8 Å². The minimum absolute atomic E-state index is 0.0400. The van der Waals surface area contributed by atoms with Crippen molar-refractivity contribution in [2.45, 2.75) is 58.0 Å². The molecule has 1 saturated heterocycles. The number of Topliss-reactive ketones (excluding diaryl/α,β-unsaturated/α-hetero) is 1. The molecule has 1 aliphatic carbocycles. The standard InChI is InChI=1S/C21H25NO5/c1-12-8-9-17(27-12)20-18(21(24)26-11-14-5-4-10-25-14)13(2)22-15-6-3-7-16(23)19(15)20/h8-9,14,20,22H,3-7,10-11H2,1-2H3/t14-,20+/m0/s1. The molecule has 1 N–H and O–H groups in total. The number of aryl methyl sites for hydroxylation is 1. The molecule has 0 saturated carbocycles. The number of dihydropyridines is 1. The highest BCUT2D eigenvalue weighted by molar-refractivity contribution is 6.03. The van der Waals surface area contributed by atoms with Gasteiger partial charge in [-0.3, -0.25) is 4.79 Å². The van der Waals surface area contributed by atoms with Crippen molar-refractivity contribution in [1.29, 1.82) is 0 Å². The fourth-order valence-corrected chi connectivity index (χ4v) is 4.17. The molecule has 1 aromatic rings. The lowest BCUT2D eigenvalue weighted by Gasteiger charge is -2.33. The first-order valence-electron chi connectivity index (χ1n) is 9.63. The second-order valence-corrected chi connectivity index (χ2v) is 7.45. The molecule has 6 heteroatoms. The number of ketones is 1. The molecule has 27 heavy (non-hydrogen) atoms. The Balaban J connectivity index is 1.67. The molecule has 0 aromatic carbocycles. The molecule has 3 aliphatic rings. The number of rotatable bonds is 4. The van der Waals surface area contributed by atoms with Crippen LogP contribution >= 0.6 is 0 Å². The lowest BCUT2D eigenvalue weighted by Crippen LogP contribution is -2.34. The van der Waals surface area contributed by atoms with E-state index < -0.39 is 11.9 Å². The average Bonchev–Trinajstić information content (AvgIpc) is 3.30. The zero-order valence-electron chi connectivity index (χ0n) is 15.8. The van der Waals surface area contributed by atoms with Gasteiger partial charge in [0.1, 0.15) is 18.1 Å². The summed E-state index contributed by atoms with van der Waals surface area (Å²) in [6, 6.07) is 3.70. The van der Waals surface area contributed by atoms with Gasteiger partial charge >= 0.3 is 5.97 Å². The summed E-state index contributed by atoms with van der Waals surface area (Å²) in [4.78, 5) is 25.7. The van der Waals surface area contributed by atoms with Crippen molar-refractivity contribution < 1.29 is 23.5 Å². The molecule has 2 atom stereocenters.